The van der Waals surface area contributed by atoms with Crippen LogP contribution in [-0.4, -0.2) is 7.11 Å². The lowest BCUT2D eigenvalue weighted by atomic mass is 10.2. The van der Waals surface area contributed by atoms with Gasteiger partial charge < -0.3 is 15.2 Å². The lowest BCUT2D eigenvalue weighted by Gasteiger charge is -2.09. The fraction of sp³-hybridized carbons (Fsp3) is 0.143. The first-order chi connectivity index (χ1) is 8.69. The Balaban J connectivity index is 2.02. The average Bonchev–Trinajstić information content (AvgIpc) is 2.38. The smallest absolute Gasteiger partial charge is 0.142 e. The Bertz CT molecular complexity index is 526. The van der Waals surface area contributed by atoms with Gasteiger partial charge in [-0.2, -0.15) is 0 Å². The molecule has 0 bridgehead atoms. The van der Waals surface area contributed by atoms with E-state index in [0.29, 0.717) is 28.8 Å². The Kier molecular flexibility index (Phi) is 3.95. The second-order valence-electron chi connectivity index (χ2n) is 3.82. The van der Waals surface area contributed by atoms with E-state index in [2.05, 4.69) is 0 Å². The van der Waals surface area contributed by atoms with Crippen LogP contribution in [0.1, 0.15) is 5.56 Å². The molecule has 18 heavy (non-hydrogen) atoms. The number of benzene rings is 2. The van der Waals surface area contributed by atoms with Crippen molar-refractivity contribution in [1.82, 2.24) is 0 Å². The van der Waals surface area contributed by atoms with Gasteiger partial charge >= 0.3 is 0 Å². The van der Waals surface area contributed by atoms with E-state index >= 15 is 0 Å². The maximum Gasteiger partial charge on any atom is 0.142 e. The molecule has 2 N–H and O–H groups in total. The van der Waals surface area contributed by atoms with Crippen molar-refractivity contribution in [3.05, 3.63) is 53.1 Å². The van der Waals surface area contributed by atoms with Crippen LogP contribution in [0, 0.1) is 0 Å². The van der Waals surface area contributed by atoms with Crippen molar-refractivity contribution in [2.75, 3.05) is 12.8 Å². The van der Waals surface area contributed by atoms with E-state index in [1.807, 2.05) is 30.3 Å². The molecule has 3 nitrogen and oxygen atoms in total. The van der Waals surface area contributed by atoms with Crippen molar-refractivity contribution >= 4 is 17.3 Å². The molecule has 0 heterocycles. The second kappa shape index (κ2) is 5.65. The molecular weight excluding hydrogens is 250 g/mol. The van der Waals surface area contributed by atoms with Crippen LogP contribution in [0.3, 0.4) is 0 Å². The van der Waals surface area contributed by atoms with Gasteiger partial charge in [-0.15, -0.1) is 0 Å². The topological polar surface area (TPSA) is 44.5 Å². The van der Waals surface area contributed by atoms with E-state index in [9.17, 15) is 0 Å². The van der Waals surface area contributed by atoms with Gasteiger partial charge in [-0.3, -0.25) is 0 Å². The number of ether oxygens (including phenoxy) is 2. The van der Waals surface area contributed by atoms with Gasteiger partial charge in [0.15, 0.2) is 0 Å². The summed E-state index contributed by atoms with van der Waals surface area (Å²) in [6.07, 6.45) is 0. The first kappa shape index (κ1) is 12.6. The van der Waals surface area contributed by atoms with E-state index in [1.165, 1.54) is 0 Å². The molecule has 4 heteroatoms. The molecule has 0 saturated carbocycles. The molecule has 0 amide bonds. The number of nitrogens with two attached hydrogens (primary N) is 1. The molecule has 0 saturated heterocycles. The summed E-state index contributed by atoms with van der Waals surface area (Å²) in [7, 11) is 1.58. The maximum absolute atomic E-state index is 5.81. The number of anilines is 1. The Labute approximate surface area is 111 Å². The minimum atomic E-state index is 0.475. The highest BCUT2D eigenvalue weighted by Crippen LogP contribution is 2.26. The zero-order valence-corrected chi connectivity index (χ0v) is 10.8. The molecule has 2 aromatic rings. The summed E-state index contributed by atoms with van der Waals surface area (Å²) in [6, 6.07) is 12.9. The van der Waals surface area contributed by atoms with E-state index in [1.54, 1.807) is 19.2 Å². The molecular formula is C14H14ClNO2. The Morgan fingerprint density at radius 3 is 2.44 bits per heavy atom. The Morgan fingerprint density at radius 2 is 1.83 bits per heavy atom. The van der Waals surface area contributed by atoms with Crippen LogP contribution >= 0.6 is 11.6 Å². The first-order valence-electron chi connectivity index (χ1n) is 5.50. The fourth-order valence-corrected chi connectivity index (χ4v) is 1.68. The van der Waals surface area contributed by atoms with Gasteiger partial charge in [0.05, 0.1) is 12.8 Å². The van der Waals surface area contributed by atoms with Crippen molar-refractivity contribution in [3.8, 4) is 11.5 Å². The molecule has 0 radical (unpaired) electrons. The molecule has 0 aliphatic carbocycles. The lowest BCUT2D eigenvalue weighted by Crippen LogP contribution is -1.97. The van der Waals surface area contributed by atoms with Crippen LogP contribution in [-0.2, 0) is 6.61 Å². The molecule has 0 aromatic heterocycles. The predicted octanol–water partition coefficient (Wildman–Crippen LogP) is 3.51. The van der Waals surface area contributed by atoms with Crippen LogP contribution in [0.2, 0.25) is 5.02 Å². The molecule has 2 aromatic carbocycles. The van der Waals surface area contributed by atoms with Gasteiger partial charge in [0.2, 0.25) is 0 Å². The van der Waals surface area contributed by atoms with Crippen molar-refractivity contribution in [3.63, 3.8) is 0 Å². The lowest BCUT2D eigenvalue weighted by molar-refractivity contribution is 0.305. The van der Waals surface area contributed by atoms with E-state index < -0.39 is 0 Å². The van der Waals surface area contributed by atoms with Crippen LogP contribution in [0.4, 0.5) is 5.69 Å². The highest BCUT2D eigenvalue weighted by atomic mass is 35.5. The zero-order valence-electron chi connectivity index (χ0n) is 10.0. The molecule has 0 fully saturated rings. The van der Waals surface area contributed by atoms with Gasteiger partial charge in [-0.05, 0) is 29.8 Å². The minimum absolute atomic E-state index is 0.475. The van der Waals surface area contributed by atoms with E-state index in [-0.39, 0.29) is 0 Å². The van der Waals surface area contributed by atoms with Gasteiger partial charge in [0.1, 0.15) is 18.1 Å². The number of nitrogen functional groups attached to an aromatic ring is 1. The number of rotatable bonds is 4. The summed E-state index contributed by atoms with van der Waals surface area (Å²) in [5.41, 5.74) is 7.41. The summed E-state index contributed by atoms with van der Waals surface area (Å²) < 4.78 is 10.7. The van der Waals surface area contributed by atoms with Crippen molar-refractivity contribution < 1.29 is 9.47 Å². The minimum Gasteiger partial charge on any atom is -0.495 e. The van der Waals surface area contributed by atoms with Gasteiger partial charge in [-0.25, -0.2) is 0 Å². The second-order valence-corrected chi connectivity index (χ2v) is 4.26. The third kappa shape index (κ3) is 3.08. The Morgan fingerprint density at radius 1 is 1.11 bits per heavy atom. The number of hydrogen-bond donors (Lipinski definition) is 1. The average molecular weight is 264 g/mol. The van der Waals surface area contributed by atoms with Crippen molar-refractivity contribution in [1.29, 1.82) is 0 Å². The SMILES string of the molecule is COc1ccc(OCc2ccc(Cl)cc2)cc1N. The maximum atomic E-state index is 5.81. The quantitative estimate of drug-likeness (QED) is 0.859. The summed E-state index contributed by atoms with van der Waals surface area (Å²) >= 11 is 5.81. The number of methoxy groups -OCH3 is 1. The number of halogens is 1. The van der Waals surface area contributed by atoms with Crippen LogP contribution < -0.4 is 15.2 Å². The monoisotopic (exact) mass is 263 g/mol. The first-order valence-corrected chi connectivity index (χ1v) is 5.87. The van der Waals surface area contributed by atoms with Gasteiger partial charge in [0, 0.05) is 11.1 Å². The normalized spacial score (nSPS) is 10.1. The van der Waals surface area contributed by atoms with Gasteiger partial charge in [-0.1, -0.05) is 23.7 Å². The van der Waals surface area contributed by atoms with Crippen LogP contribution in [0.15, 0.2) is 42.5 Å². The zero-order chi connectivity index (χ0) is 13.0. The highest BCUT2D eigenvalue weighted by Gasteiger charge is 2.02. The molecule has 0 aliphatic heterocycles. The van der Waals surface area contributed by atoms with Gasteiger partial charge in [0.25, 0.3) is 0 Å². The van der Waals surface area contributed by atoms with E-state index in [0.717, 1.165) is 5.56 Å². The molecule has 0 spiro atoms. The summed E-state index contributed by atoms with van der Waals surface area (Å²) in [5, 5.41) is 0.715. The van der Waals surface area contributed by atoms with Crippen molar-refractivity contribution in [2.45, 2.75) is 6.61 Å². The Hall–Kier alpha value is -1.87. The third-order valence-electron chi connectivity index (χ3n) is 2.52. The third-order valence-corrected chi connectivity index (χ3v) is 2.77. The molecule has 2 rings (SSSR count). The summed E-state index contributed by atoms with van der Waals surface area (Å²) in [6.45, 7) is 0.475. The molecule has 0 aliphatic rings. The van der Waals surface area contributed by atoms with E-state index in [4.69, 9.17) is 26.8 Å². The highest BCUT2D eigenvalue weighted by molar-refractivity contribution is 6.30. The fourth-order valence-electron chi connectivity index (χ4n) is 1.55. The summed E-state index contributed by atoms with van der Waals surface area (Å²) in [4.78, 5) is 0. The molecule has 0 unspecified atom stereocenters. The summed E-state index contributed by atoms with van der Waals surface area (Å²) in [5.74, 6) is 1.36. The number of hydrogen-bond acceptors (Lipinski definition) is 3. The van der Waals surface area contributed by atoms with Crippen molar-refractivity contribution in [2.24, 2.45) is 0 Å². The predicted molar refractivity (Wildman–Crippen MR) is 73.2 cm³/mol. The van der Waals surface area contributed by atoms with Crippen LogP contribution in [0.25, 0.3) is 0 Å². The molecule has 0 atom stereocenters. The standard InChI is InChI=1S/C14H14ClNO2/c1-17-14-7-6-12(8-13(14)16)18-9-10-2-4-11(15)5-3-10/h2-8H,9,16H2,1H3. The largest absolute Gasteiger partial charge is 0.495 e. The molecule has 94 valence electrons. The van der Waals surface area contributed by atoms with Crippen LogP contribution in [0.5, 0.6) is 11.5 Å².